The van der Waals surface area contributed by atoms with Crippen LogP contribution in [0.3, 0.4) is 0 Å². The van der Waals surface area contributed by atoms with Gasteiger partial charge in [-0.25, -0.2) is 4.98 Å². The molecule has 0 aliphatic carbocycles. The van der Waals surface area contributed by atoms with Crippen LogP contribution in [0.5, 0.6) is 0 Å². The number of carbonyl (C=O) groups is 2. The van der Waals surface area contributed by atoms with Gasteiger partial charge in [-0.2, -0.15) is 0 Å². The van der Waals surface area contributed by atoms with Gasteiger partial charge in [-0.15, -0.1) is 0 Å². The van der Waals surface area contributed by atoms with E-state index in [9.17, 15) is 9.59 Å². The van der Waals surface area contributed by atoms with Gasteiger partial charge in [0, 0.05) is 39.9 Å². The van der Waals surface area contributed by atoms with Crippen LogP contribution in [0.2, 0.25) is 0 Å². The summed E-state index contributed by atoms with van der Waals surface area (Å²) in [6.45, 7) is 4.91. The molecule has 0 spiro atoms. The molecule has 0 saturated carbocycles. The molecule has 0 unspecified atom stereocenters. The van der Waals surface area contributed by atoms with Crippen LogP contribution in [0.1, 0.15) is 58.6 Å². The molecule has 0 radical (unpaired) electrons. The Balaban J connectivity index is 1.81. The van der Waals surface area contributed by atoms with E-state index in [0.29, 0.717) is 37.8 Å². The standard InChI is InChI=1S/C22H30N4O3/c1-3-25(16-17-10-5-4-6-11-17)22(28)19-18-12-7-8-14-26(18)20(24-19)21(27)23-13-9-15-29-2/h4-6,10-11H,3,7-9,12-16H2,1-2H3,(H,23,27). The first-order valence-corrected chi connectivity index (χ1v) is 10.4. The lowest BCUT2D eigenvalue weighted by Crippen LogP contribution is -2.31. The minimum atomic E-state index is -0.227. The number of aromatic nitrogens is 2. The van der Waals surface area contributed by atoms with Crippen LogP contribution in [-0.2, 0) is 24.2 Å². The number of nitrogens with zero attached hydrogens (tertiary/aromatic N) is 3. The third-order valence-corrected chi connectivity index (χ3v) is 5.22. The molecule has 1 aromatic heterocycles. The SMILES string of the molecule is CCN(Cc1ccccc1)C(=O)c1nc(C(=O)NCCCOC)n2c1CCCC2. The van der Waals surface area contributed by atoms with E-state index in [1.807, 2.05) is 41.8 Å². The Hall–Kier alpha value is -2.67. The Morgan fingerprint density at radius 1 is 1.24 bits per heavy atom. The van der Waals surface area contributed by atoms with Gasteiger partial charge in [-0.3, -0.25) is 9.59 Å². The quantitative estimate of drug-likeness (QED) is 0.659. The smallest absolute Gasteiger partial charge is 0.287 e. The molecule has 0 fully saturated rings. The van der Waals surface area contributed by atoms with Crippen molar-refractivity contribution in [2.75, 3.05) is 26.8 Å². The third-order valence-electron chi connectivity index (χ3n) is 5.22. The van der Waals surface area contributed by atoms with Crippen LogP contribution in [0, 0.1) is 0 Å². The minimum Gasteiger partial charge on any atom is -0.385 e. The van der Waals surface area contributed by atoms with Crippen LogP contribution in [0.15, 0.2) is 30.3 Å². The Morgan fingerprint density at radius 3 is 2.76 bits per heavy atom. The molecule has 2 amide bonds. The number of imidazole rings is 1. The number of hydrogen-bond acceptors (Lipinski definition) is 4. The molecule has 0 saturated heterocycles. The van der Waals surface area contributed by atoms with Crippen molar-refractivity contribution in [2.24, 2.45) is 0 Å². The predicted octanol–water partition coefficient (Wildman–Crippen LogP) is 2.65. The molecule has 1 N–H and O–H groups in total. The molecule has 29 heavy (non-hydrogen) atoms. The maximum absolute atomic E-state index is 13.3. The van der Waals surface area contributed by atoms with E-state index in [0.717, 1.165) is 43.5 Å². The first-order chi connectivity index (χ1) is 14.2. The molecule has 2 aromatic rings. The number of benzene rings is 1. The number of ether oxygens (including phenoxy) is 1. The minimum absolute atomic E-state index is 0.111. The van der Waals surface area contributed by atoms with E-state index in [-0.39, 0.29) is 11.8 Å². The molecular weight excluding hydrogens is 368 g/mol. The maximum atomic E-state index is 13.3. The summed E-state index contributed by atoms with van der Waals surface area (Å²) < 4.78 is 6.95. The van der Waals surface area contributed by atoms with Crippen LogP contribution in [0.4, 0.5) is 0 Å². The average Bonchev–Trinajstić information content (AvgIpc) is 3.15. The summed E-state index contributed by atoms with van der Waals surface area (Å²) in [6.07, 6.45) is 3.50. The molecule has 0 bridgehead atoms. The highest BCUT2D eigenvalue weighted by Crippen LogP contribution is 2.23. The van der Waals surface area contributed by atoms with Gasteiger partial charge in [0.2, 0.25) is 0 Å². The normalized spacial score (nSPS) is 13.0. The highest BCUT2D eigenvalue weighted by atomic mass is 16.5. The summed E-state index contributed by atoms with van der Waals surface area (Å²) in [6, 6.07) is 9.93. The number of nitrogens with one attached hydrogen (secondary N) is 1. The second-order valence-corrected chi connectivity index (χ2v) is 7.25. The van der Waals surface area contributed by atoms with Crippen molar-refractivity contribution in [2.45, 2.75) is 45.7 Å². The molecule has 7 nitrogen and oxygen atoms in total. The van der Waals surface area contributed by atoms with Gasteiger partial charge in [0.05, 0.1) is 5.69 Å². The van der Waals surface area contributed by atoms with E-state index in [2.05, 4.69) is 10.3 Å². The van der Waals surface area contributed by atoms with Gasteiger partial charge in [0.25, 0.3) is 11.8 Å². The van der Waals surface area contributed by atoms with Crippen LogP contribution >= 0.6 is 0 Å². The van der Waals surface area contributed by atoms with E-state index < -0.39 is 0 Å². The number of rotatable bonds is 9. The number of methoxy groups -OCH3 is 1. The lowest BCUT2D eigenvalue weighted by molar-refractivity contribution is 0.0745. The van der Waals surface area contributed by atoms with Crippen LogP contribution in [0.25, 0.3) is 0 Å². The lowest BCUT2D eigenvalue weighted by atomic mass is 10.1. The number of fused-ring (bicyclic) bond motifs is 1. The second-order valence-electron chi connectivity index (χ2n) is 7.25. The van der Waals surface area contributed by atoms with Gasteiger partial charge < -0.3 is 19.5 Å². The summed E-state index contributed by atoms with van der Waals surface area (Å²) in [7, 11) is 1.64. The Labute approximate surface area is 172 Å². The Bertz CT molecular complexity index is 832. The highest BCUT2D eigenvalue weighted by Gasteiger charge is 2.29. The monoisotopic (exact) mass is 398 g/mol. The zero-order valence-electron chi connectivity index (χ0n) is 17.3. The average molecular weight is 399 g/mol. The maximum Gasteiger partial charge on any atom is 0.287 e. The summed E-state index contributed by atoms with van der Waals surface area (Å²) >= 11 is 0. The second kappa shape index (κ2) is 10.2. The summed E-state index contributed by atoms with van der Waals surface area (Å²) in [5.74, 6) is 0.00563. The van der Waals surface area contributed by atoms with Gasteiger partial charge in [-0.05, 0) is 38.2 Å². The molecular formula is C22H30N4O3. The number of hydrogen-bond donors (Lipinski definition) is 1. The van der Waals surface area contributed by atoms with Crippen molar-refractivity contribution in [1.82, 2.24) is 19.8 Å². The van der Waals surface area contributed by atoms with Crippen molar-refractivity contribution in [3.63, 3.8) is 0 Å². The molecule has 1 aliphatic heterocycles. The Morgan fingerprint density at radius 2 is 2.03 bits per heavy atom. The molecule has 1 aliphatic rings. The summed E-state index contributed by atoms with van der Waals surface area (Å²) in [5, 5.41) is 2.89. The number of carbonyl (C=O) groups excluding carboxylic acids is 2. The van der Waals surface area contributed by atoms with Gasteiger partial charge in [0.1, 0.15) is 5.69 Å². The molecule has 2 heterocycles. The van der Waals surface area contributed by atoms with Crippen molar-refractivity contribution >= 4 is 11.8 Å². The fourth-order valence-corrected chi connectivity index (χ4v) is 3.67. The molecule has 156 valence electrons. The van der Waals surface area contributed by atoms with Crippen molar-refractivity contribution in [1.29, 1.82) is 0 Å². The van der Waals surface area contributed by atoms with Crippen LogP contribution < -0.4 is 5.32 Å². The zero-order valence-corrected chi connectivity index (χ0v) is 17.3. The fourth-order valence-electron chi connectivity index (χ4n) is 3.67. The van der Waals surface area contributed by atoms with Crippen molar-refractivity contribution in [3.8, 4) is 0 Å². The van der Waals surface area contributed by atoms with Gasteiger partial charge in [-0.1, -0.05) is 30.3 Å². The molecule has 3 rings (SSSR count). The van der Waals surface area contributed by atoms with E-state index in [1.54, 1.807) is 12.0 Å². The molecule has 1 aromatic carbocycles. The first-order valence-electron chi connectivity index (χ1n) is 10.4. The Kier molecular flexibility index (Phi) is 7.41. The summed E-state index contributed by atoms with van der Waals surface area (Å²) in [5.41, 5.74) is 2.38. The van der Waals surface area contributed by atoms with Crippen molar-refractivity contribution < 1.29 is 14.3 Å². The van der Waals surface area contributed by atoms with E-state index >= 15 is 0 Å². The molecule has 7 heteroatoms. The largest absolute Gasteiger partial charge is 0.385 e. The molecule has 0 atom stereocenters. The van der Waals surface area contributed by atoms with E-state index in [4.69, 9.17) is 4.74 Å². The van der Waals surface area contributed by atoms with Gasteiger partial charge >= 0.3 is 0 Å². The fraction of sp³-hybridized carbons (Fsp3) is 0.500. The highest BCUT2D eigenvalue weighted by molar-refractivity contribution is 5.97. The summed E-state index contributed by atoms with van der Waals surface area (Å²) in [4.78, 5) is 32.3. The lowest BCUT2D eigenvalue weighted by Gasteiger charge is -2.22. The van der Waals surface area contributed by atoms with Crippen LogP contribution in [-0.4, -0.2) is 53.1 Å². The van der Waals surface area contributed by atoms with Gasteiger partial charge in [0.15, 0.2) is 5.82 Å². The zero-order chi connectivity index (χ0) is 20.6. The number of amides is 2. The van der Waals surface area contributed by atoms with E-state index in [1.165, 1.54) is 0 Å². The topological polar surface area (TPSA) is 76.5 Å². The third kappa shape index (κ3) is 5.03. The first kappa shape index (κ1) is 21.0. The van der Waals surface area contributed by atoms with Crippen molar-refractivity contribution in [3.05, 3.63) is 53.1 Å². The predicted molar refractivity (Wildman–Crippen MR) is 111 cm³/mol.